The van der Waals surface area contributed by atoms with Crippen LogP contribution in [-0.4, -0.2) is 28.7 Å². The summed E-state index contributed by atoms with van der Waals surface area (Å²) in [6.07, 6.45) is 4.69. The van der Waals surface area contributed by atoms with Crippen LogP contribution >= 0.6 is 0 Å². The molecule has 6 heteroatoms. The third-order valence-corrected chi connectivity index (χ3v) is 5.85. The zero-order valence-electron chi connectivity index (χ0n) is 17.7. The maximum atomic E-state index is 12.6. The van der Waals surface area contributed by atoms with Crippen molar-refractivity contribution >= 4 is 10.9 Å². The summed E-state index contributed by atoms with van der Waals surface area (Å²) in [6, 6.07) is 11.9. The Hall–Kier alpha value is -2.86. The van der Waals surface area contributed by atoms with Gasteiger partial charge in [0.2, 0.25) is 0 Å². The third kappa shape index (κ3) is 4.33. The number of aromatic amines is 1. The lowest BCUT2D eigenvalue weighted by Crippen LogP contribution is -2.35. The van der Waals surface area contributed by atoms with E-state index in [1.165, 1.54) is 19.3 Å². The van der Waals surface area contributed by atoms with Crippen molar-refractivity contribution in [3.05, 3.63) is 73.9 Å². The minimum atomic E-state index is -0.407. The Morgan fingerprint density at radius 1 is 1.13 bits per heavy atom. The Labute approximate surface area is 175 Å². The Balaban J connectivity index is 1.64. The van der Waals surface area contributed by atoms with E-state index in [4.69, 9.17) is 4.74 Å². The molecule has 0 aliphatic carbocycles. The summed E-state index contributed by atoms with van der Waals surface area (Å²) in [7, 11) is 0. The lowest BCUT2D eigenvalue weighted by Gasteiger charge is -2.24. The molecule has 3 aromatic rings. The second-order valence-corrected chi connectivity index (χ2v) is 8.22. The molecule has 0 amide bonds. The molecule has 0 bridgehead atoms. The number of aryl methyl sites for hydroxylation is 2. The average molecular weight is 408 g/mol. The van der Waals surface area contributed by atoms with Gasteiger partial charge >= 0.3 is 5.69 Å². The summed E-state index contributed by atoms with van der Waals surface area (Å²) in [4.78, 5) is 27.2. The van der Waals surface area contributed by atoms with Crippen molar-refractivity contribution in [3.8, 4) is 5.75 Å². The summed E-state index contributed by atoms with van der Waals surface area (Å²) in [5, 5.41) is 4.06. The zero-order chi connectivity index (χ0) is 21.1. The molecule has 6 nitrogen and oxygen atoms in total. The number of hydrogen-bond donors (Lipinski definition) is 2. The Morgan fingerprint density at radius 2 is 1.97 bits per heavy atom. The number of piperidine rings is 1. The van der Waals surface area contributed by atoms with Crippen LogP contribution in [0.2, 0.25) is 0 Å². The van der Waals surface area contributed by atoms with Crippen molar-refractivity contribution in [2.45, 2.75) is 52.1 Å². The maximum absolute atomic E-state index is 12.6. The van der Waals surface area contributed by atoms with Gasteiger partial charge in [0, 0.05) is 11.6 Å². The van der Waals surface area contributed by atoms with E-state index in [2.05, 4.69) is 22.4 Å². The first-order chi connectivity index (χ1) is 14.5. The molecule has 2 aromatic carbocycles. The number of nitrogens with one attached hydrogen (secondary N) is 2. The first kappa shape index (κ1) is 20.4. The Kier molecular flexibility index (Phi) is 6.04. The van der Waals surface area contributed by atoms with E-state index in [-0.39, 0.29) is 5.56 Å². The molecule has 0 spiro atoms. The van der Waals surface area contributed by atoms with Crippen LogP contribution in [0.5, 0.6) is 5.75 Å². The number of aromatic nitrogens is 2. The number of hydrogen-bond acceptors (Lipinski definition) is 4. The van der Waals surface area contributed by atoms with Crippen molar-refractivity contribution in [1.29, 1.82) is 0 Å². The van der Waals surface area contributed by atoms with Gasteiger partial charge in [-0.2, -0.15) is 0 Å². The van der Waals surface area contributed by atoms with Crippen molar-refractivity contribution in [1.82, 2.24) is 14.9 Å². The molecule has 1 atom stereocenters. The van der Waals surface area contributed by atoms with Gasteiger partial charge in [-0.1, -0.05) is 36.2 Å². The molecule has 1 aliphatic heterocycles. The molecule has 4 rings (SSSR count). The number of nitrogens with zero attached hydrogens (tertiary/aromatic N) is 1. The van der Waals surface area contributed by atoms with E-state index in [9.17, 15) is 9.59 Å². The monoisotopic (exact) mass is 407 g/mol. The fourth-order valence-corrected chi connectivity index (χ4v) is 4.41. The first-order valence-corrected chi connectivity index (χ1v) is 10.7. The number of H-pyrrole nitrogens is 1. The molecule has 30 heavy (non-hydrogen) atoms. The van der Waals surface area contributed by atoms with Gasteiger partial charge in [0.15, 0.2) is 0 Å². The predicted octanol–water partition coefficient (Wildman–Crippen LogP) is 3.27. The molecule has 1 fully saturated rings. The van der Waals surface area contributed by atoms with E-state index in [0.29, 0.717) is 30.1 Å². The van der Waals surface area contributed by atoms with Crippen LogP contribution in [0.3, 0.4) is 0 Å². The van der Waals surface area contributed by atoms with Gasteiger partial charge in [0.25, 0.3) is 5.56 Å². The molecule has 1 aliphatic rings. The van der Waals surface area contributed by atoms with Crippen molar-refractivity contribution in [2.75, 3.05) is 13.2 Å². The van der Waals surface area contributed by atoms with Crippen LogP contribution in [0.15, 0.2) is 46.0 Å². The van der Waals surface area contributed by atoms with Crippen LogP contribution in [0, 0.1) is 13.8 Å². The summed E-state index contributed by atoms with van der Waals surface area (Å²) < 4.78 is 7.86. The van der Waals surface area contributed by atoms with E-state index in [1.807, 2.05) is 26.0 Å². The van der Waals surface area contributed by atoms with Crippen LogP contribution in [0.1, 0.15) is 42.4 Å². The van der Waals surface area contributed by atoms with Gasteiger partial charge in [-0.25, -0.2) is 4.79 Å². The molecule has 1 saturated heterocycles. The molecule has 158 valence electrons. The number of para-hydroxylation sites is 1. The first-order valence-electron chi connectivity index (χ1n) is 10.7. The fourth-order valence-electron chi connectivity index (χ4n) is 4.41. The molecule has 0 radical (unpaired) electrons. The molecule has 0 saturated carbocycles. The second kappa shape index (κ2) is 8.88. The summed E-state index contributed by atoms with van der Waals surface area (Å²) in [6.45, 7) is 6.14. The number of fused-ring (bicyclic) bond motifs is 1. The van der Waals surface area contributed by atoms with Gasteiger partial charge < -0.3 is 10.1 Å². The summed E-state index contributed by atoms with van der Waals surface area (Å²) in [5.74, 6) is 0.832. The van der Waals surface area contributed by atoms with Crippen LogP contribution in [0.4, 0.5) is 0 Å². The smallest absolute Gasteiger partial charge is 0.329 e. The number of rotatable bonds is 6. The minimum absolute atomic E-state index is 0.343. The Bertz CT molecular complexity index is 1160. The average Bonchev–Trinajstić information content (AvgIpc) is 2.73. The van der Waals surface area contributed by atoms with Gasteiger partial charge in [-0.15, -0.1) is 0 Å². The third-order valence-electron chi connectivity index (χ3n) is 5.85. The highest BCUT2D eigenvalue weighted by molar-refractivity contribution is 5.77. The topological polar surface area (TPSA) is 76.1 Å². The second-order valence-electron chi connectivity index (χ2n) is 8.22. The van der Waals surface area contributed by atoms with Gasteiger partial charge in [-0.05, 0) is 57.4 Å². The van der Waals surface area contributed by atoms with Gasteiger partial charge in [0.05, 0.1) is 24.1 Å². The Morgan fingerprint density at radius 3 is 2.77 bits per heavy atom. The number of ether oxygens (including phenoxy) is 1. The fraction of sp³-hybridized carbons (Fsp3) is 0.417. The van der Waals surface area contributed by atoms with Crippen molar-refractivity contribution in [2.24, 2.45) is 0 Å². The van der Waals surface area contributed by atoms with Gasteiger partial charge in [-0.3, -0.25) is 14.3 Å². The van der Waals surface area contributed by atoms with Crippen LogP contribution in [0.25, 0.3) is 10.9 Å². The lowest BCUT2D eigenvalue weighted by atomic mass is 10.0. The highest BCUT2D eigenvalue weighted by Gasteiger charge is 2.16. The quantitative estimate of drug-likeness (QED) is 0.658. The summed E-state index contributed by atoms with van der Waals surface area (Å²) in [5.41, 5.74) is 2.99. The van der Waals surface area contributed by atoms with Crippen LogP contribution < -0.4 is 21.3 Å². The van der Waals surface area contributed by atoms with E-state index in [1.54, 1.807) is 16.7 Å². The normalized spacial score (nSPS) is 16.7. The van der Waals surface area contributed by atoms with Crippen molar-refractivity contribution < 1.29 is 4.74 Å². The zero-order valence-corrected chi connectivity index (χ0v) is 17.7. The molecule has 2 heterocycles. The minimum Gasteiger partial charge on any atom is -0.493 e. The van der Waals surface area contributed by atoms with Gasteiger partial charge in [0.1, 0.15) is 5.75 Å². The lowest BCUT2D eigenvalue weighted by molar-refractivity contribution is 0.264. The standard InChI is InChI=1S/C24H29N3O3/c1-16-13-17(2)22(30-12-10-19-7-5-6-11-25-19)18(14-16)15-27-21-9-4-3-8-20(21)23(28)26-24(27)29/h3-4,8-9,13-14,19,25H,5-7,10-12,15H2,1-2H3,(H,26,28,29). The predicted molar refractivity (Wildman–Crippen MR) is 120 cm³/mol. The van der Waals surface area contributed by atoms with E-state index in [0.717, 1.165) is 35.4 Å². The highest BCUT2D eigenvalue weighted by atomic mass is 16.5. The van der Waals surface area contributed by atoms with Crippen LogP contribution in [-0.2, 0) is 6.54 Å². The molecule has 1 aromatic heterocycles. The molecule has 1 unspecified atom stereocenters. The molecule has 2 N–H and O–H groups in total. The van der Waals surface area contributed by atoms with E-state index >= 15 is 0 Å². The summed E-state index contributed by atoms with van der Waals surface area (Å²) >= 11 is 0. The van der Waals surface area contributed by atoms with E-state index < -0.39 is 5.69 Å². The maximum Gasteiger partial charge on any atom is 0.329 e. The molecular formula is C24H29N3O3. The van der Waals surface area contributed by atoms with Crippen molar-refractivity contribution in [3.63, 3.8) is 0 Å². The SMILES string of the molecule is Cc1cc(C)c(OCCC2CCCCN2)c(Cn2c(=O)[nH]c(=O)c3ccccc32)c1. The largest absolute Gasteiger partial charge is 0.493 e. The molecular weight excluding hydrogens is 378 g/mol. The highest BCUT2D eigenvalue weighted by Crippen LogP contribution is 2.27. The number of benzene rings is 2.